The molecule has 0 atom stereocenters. The third kappa shape index (κ3) is 5.44. The number of hydrogen-bond donors (Lipinski definition) is 2. The molecule has 9 heteroatoms. The van der Waals surface area contributed by atoms with Crippen LogP contribution in [0.4, 0.5) is 5.69 Å². The third-order valence-electron chi connectivity index (χ3n) is 3.80. The van der Waals surface area contributed by atoms with E-state index in [1.807, 2.05) is 12.1 Å². The van der Waals surface area contributed by atoms with Crippen molar-refractivity contribution in [1.82, 2.24) is 4.72 Å². The number of ether oxygens (including phenoxy) is 2. The van der Waals surface area contributed by atoms with Crippen molar-refractivity contribution in [3.63, 3.8) is 0 Å². The average molecular weight is 455 g/mol. The Hall–Kier alpha value is -2.10. The van der Waals surface area contributed by atoms with E-state index in [4.69, 9.17) is 9.47 Å². The summed E-state index contributed by atoms with van der Waals surface area (Å²) >= 11 is 3.32. The number of halogens is 1. The Morgan fingerprint density at radius 1 is 1.04 bits per heavy atom. The zero-order valence-electron chi connectivity index (χ0n) is 14.4. The van der Waals surface area contributed by atoms with Crippen LogP contribution in [-0.2, 0) is 14.8 Å². The van der Waals surface area contributed by atoms with Crippen molar-refractivity contribution in [2.75, 3.05) is 25.1 Å². The molecule has 1 heterocycles. The van der Waals surface area contributed by atoms with Gasteiger partial charge in [-0.15, -0.1) is 0 Å². The summed E-state index contributed by atoms with van der Waals surface area (Å²) in [5.41, 5.74) is 0.647. The molecule has 0 unspecified atom stereocenters. The van der Waals surface area contributed by atoms with Gasteiger partial charge in [0.2, 0.25) is 15.9 Å². The highest BCUT2D eigenvalue weighted by atomic mass is 79.9. The number of carbonyl (C=O) groups excluding carboxylic acids is 1. The first-order valence-electron chi connectivity index (χ1n) is 8.39. The molecular weight excluding hydrogens is 436 g/mol. The number of hydrogen-bond acceptors (Lipinski definition) is 5. The van der Waals surface area contributed by atoms with Crippen LogP contribution in [0.2, 0.25) is 0 Å². The standard InChI is InChI=1S/C18H19BrN2O5S/c19-13-2-4-14(5-3-13)21-18(22)8-9-20-27(23,24)15-6-7-16-17(12-15)26-11-1-10-25-16/h2-7,12,20H,1,8-11H2,(H,21,22). The zero-order chi connectivity index (χ0) is 19.3. The molecule has 1 aliphatic heterocycles. The van der Waals surface area contributed by atoms with Crippen LogP contribution in [0.1, 0.15) is 12.8 Å². The molecule has 1 aliphatic rings. The van der Waals surface area contributed by atoms with Crippen LogP contribution in [0.15, 0.2) is 51.8 Å². The monoisotopic (exact) mass is 454 g/mol. The molecule has 144 valence electrons. The predicted octanol–water partition coefficient (Wildman–Crippen LogP) is 2.92. The molecule has 2 N–H and O–H groups in total. The Labute approximate surface area is 166 Å². The fourth-order valence-corrected chi connectivity index (χ4v) is 3.76. The van der Waals surface area contributed by atoms with E-state index in [-0.39, 0.29) is 23.8 Å². The molecule has 27 heavy (non-hydrogen) atoms. The lowest BCUT2D eigenvalue weighted by molar-refractivity contribution is -0.116. The van der Waals surface area contributed by atoms with Crippen molar-refractivity contribution in [3.8, 4) is 11.5 Å². The quantitative estimate of drug-likeness (QED) is 0.699. The highest BCUT2D eigenvalue weighted by Gasteiger charge is 2.19. The molecule has 0 aromatic heterocycles. The summed E-state index contributed by atoms with van der Waals surface area (Å²) in [5.74, 6) is 0.655. The van der Waals surface area contributed by atoms with Gasteiger partial charge in [0.15, 0.2) is 11.5 Å². The fraction of sp³-hybridized carbons (Fsp3) is 0.278. The number of fused-ring (bicyclic) bond motifs is 1. The summed E-state index contributed by atoms with van der Waals surface area (Å²) in [6, 6.07) is 11.6. The van der Waals surface area contributed by atoms with Crippen LogP contribution in [0.25, 0.3) is 0 Å². The van der Waals surface area contributed by atoms with E-state index in [1.165, 1.54) is 12.1 Å². The van der Waals surface area contributed by atoms with E-state index in [2.05, 4.69) is 26.0 Å². The lowest BCUT2D eigenvalue weighted by Gasteiger charge is -2.11. The van der Waals surface area contributed by atoms with Crippen LogP contribution >= 0.6 is 15.9 Å². The summed E-state index contributed by atoms with van der Waals surface area (Å²) in [5, 5.41) is 2.71. The Balaban J connectivity index is 1.56. The maximum Gasteiger partial charge on any atom is 0.240 e. The second-order valence-corrected chi connectivity index (χ2v) is 8.54. The van der Waals surface area contributed by atoms with Crippen LogP contribution in [0.3, 0.4) is 0 Å². The number of nitrogens with one attached hydrogen (secondary N) is 2. The summed E-state index contributed by atoms with van der Waals surface area (Å²) in [7, 11) is -3.75. The molecule has 0 saturated carbocycles. The molecule has 1 amide bonds. The lowest BCUT2D eigenvalue weighted by atomic mass is 10.3. The normalized spacial score (nSPS) is 13.7. The third-order valence-corrected chi connectivity index (χ3v) is 5.79. The minimum atomic E-state index is -3.75. The Kier molecular flexibility index (Phi) is 6.35. The molecule has 0 aliphatic carbocycles. The van der Waals surface area contributed by atoms with Gasteiger partial charge in [0.05, 0.1) is 18.1 Å². The van der Waals surface area contributed by atoms with Gasteiger partial charge in [-0.05, 0) is 36.4 Å². The van der Waals surface area contributed by atoms with Crippen molar-refractivity contribution >= 4 is 37.5 Å². The van der Waals surface area contributed by atoms with Crippen molar-refractivity contribution in [1.29, 1.82) is 0 Å². The van der Waals surface area contributed by atoms with Crippen LogP contribution < -0.4 is 19.5 Å². The van der Waals surface area contributed by atoms with E-state index in [1.54, 1.807) is 18.2 Å². The maximum absolute atomic E-state index is 12.4. The van der Waals surface area contributed by atoms with Crippen molar-refractivity contribution in [2.45, 2.75) is 17.7 Å². The van der Waals surface area contributed by atoms with E-state index in [9.17, 15) is 13.2 Å². The smallest absolute Gasteiger partial charge is 0.240 e. The molecule has 0 bridgehead atoms. The van der Waals surface area contributed by atoms with E-state index < -0.39 is 10.0 Å². The van der Waals surface area contributed by atoms with Crippen LogP contribution in [-0.4, -0.2) is 34.1 Å². The van der Waals surface area contributed by atoms with Gasteiger partial charge in [-0.2, -0.15) is 0 Å². The minimum Gasteiger partial charge on any atom is -0.490 e. The average Bonchev–Trinajstić information content (AvgIpc) is 2.88. The number of benzene rings is 2. The van der Waals surface area contributed by atoms with Gasteiger partial charge < -0.3 is 14.8 Å². The first-order valence-corrected chi connectivity index (χ1v) is 10.7. The second-order valence-electron chi connectivity index (χ2n) is 5.86. The maximum atomic E-state index is 12.4. The molecular formula is C18H19BrN2O5S. The largest absolute Gasteiger partial charge is 0.490 e. The first-order chi connectivity index (χ1) is 12.9. The summed E-state index contributed by atoms with van der Waals surface area (Å²) in [6.45, 7) is 0.990. The number of anilines is 1. The molecule has 3 rings (SSSR count). The first kappa shape index (κ1) is 19.7. The molecule has 2 aromatic carbocycles. The second kappa shape index (κ2) is 8.73. The topological polar surface area (TPSA) is 93.7 Å². The summed E-state index contributed by atoms with van der Waals surface area (Å²) in [4.78, 5) is 12.0. The summed E-state index contributed by atoms with van der Waals surface area (Å²) in [6.07, 6.45) is 0.752. The summed E-state index contributed by atoms with van der Waals surface area (Å²) < 4.78 is 39.2. The van der Waals surface area contributed by atoms with Gasteiger partial charge in [0, 0.05) is 35.6 Å². The number of carbonyl (C=O) groups is 1. The van der Waals surface area contributed by atoms with Crippen LogP contribution in [0, 0.1) is 0 Å². The van der Waals surface area contributed by atoms with E-state index in [0.29, 0.717) is 30.4 Å². The number of sulfonamides is 1. The van der Waals surface area contributed by atoms with Gasteiger partial charge in [0.1, 0.15) is 0 Å². The molecule has 0 saturated heterocycles. The molecule has 0 radical (unpaired) electrons. The van der Waals surface area contributed by atoms with E-state index >= 15 is 0 Å². The van der Waals surface area contributed by atoms with Crippen molar-refractivity contribution in [2.24, 2.45) is 0 Å². The molecule has 0 fully saturated rings. The van der Waals surface area contributed by atoms with Gasteiger partial charge in [-0.3, -0.25) is 4.79 Å². The van der Waals surface area contributed by atoms with Gasteiger partial charge in [-0.25, -0.2) is 13.1 Å². The van der Waals surface area contributed by atoms with Gasteiger partial charge in [-0.1, -0.05) is 15.9 Å². The SMILES string of the molecule is O=C(CCNS(=O)(=O)c1ccc2c(c1)OCCCO2)Nc1ccc(Br)cc1. The molecule has 2 aromatic rings. The Bertz CT molecular complexity index is 916. The zero-order valence-corrected chi connectivity index (χ0v) is 16.8. The van der Waals surface area contributed by atoms with Gasteiger partial charge >= 0.3 is 0 Å². The minimum absolute atomic E-state index is 0.0137. The highest BCUT2D eigenvalue weighted by molar-refractivity contribution is 9.10. The fourth-order valence-electron chi connectivity index (χ4n) is 2.45. The predicted molar refractivity (Wildman–Crippen MR) is 105 cm³/mol. The Morgan fingerprint density at radius 3 is 2.48 bits per heavy atom. The number of rotatable bonds is 6. The number of amides is 1. The van der Waals surface area contributed by atoms with Crippen molar-refractivity contribution < 1.29 is 22.7 Å². The van der Waals surface area contributed by atoms with Gasteiger partial charge in [0.25, 0.3) is 0 Å². The van der Waals surface area contributed by atoms with Crippen LogP contribution in [0.5, 0.6) is 11.5 Å². The highest BCUT2D eigenvalue weighted by Crippen LogP contribution is 2.31. The lowest BCUT2D eigenvalue weighted by Crippen LogP contribution is -2.27. The molecule has 7 nitrogen and oxygen atoms in total. The van der Waals surface area contributed by atoms with E-state index in [0.717, 1.165) is 10.9 Å². The van der Waals surface area contributed by atoms with Crippen molar-refractivity contribution in [3.05, 3.63) is 46.9 Å². The Morgan fingerprint density at radius 2 is 1.74 bits per heavy atom. The molecule has 0 spiro atoms.